The lowest BCUT2D eigenvalue weighted by atomic mass is 10.1. The zero-order valence-corrected chi connectivity index (χ0v) is 19.5. The fourth-order valence-electron chi connectivity index (χ4n) is 4.86. The van der Waals surface area contributed by atoms with E-state index in [1.807, 2.05) is 17.0 Å². The molecule has 0 N–H and O–H groups in total. The van der Waals surface area contributed by atoms with E-state index in [0.717, 1.165) is 56.6 Å². The van der Waals surface area contributed by atoms with Crippen LogP contribution in [0, 0.1) is 5.82 Å². The zero-order valence-electron chi connectivity index (χ0n) is 19.5. The van der Waals surface area contributed by atoms with Crippen molar-refractivity contribution in [2.24, 2.45) is 0 Å². The number of nitrogens with zero attached hydrogens (tertiary/aromatic N) is 2. The number of benzene rings is 2. The predicted molar refractivity (Wildman–Crippen MR) is 124 cm³/mol. The Balaban J connectivity index is 1.43. The van der Waals surface area contributed by atoms with E-state index in [1.165, 1.54) is 12.1 Å². The van der Waals surface area contributed by atoms with Crippen LogP contribution in [0.2, 0.25) is 0 Å². The van der Waals surface area contributed by atoms with Gasteiger partial charge in [-0.25, -0.2) is 4.39 Å². The van der Waals surface area contributed by atoms with E-state index in [9.17, 15) is 9.18 Å². The van der Waals surface area contributed by atoms with Crippen molar-refractivity contribution in [3.63, 3.8) is 0 Å². The summed E-state index contributed by atoms with van der Waals surface area (Å²) in [7, 11) is 3.27. The van der Waals surface area contributed by atoms with Crippen LogP contribution in [0.1, 0.15) is 41.6 Å². The lowest BCUT2D eigenvalue weighted by molar-refractivity contribution is -0.0468. The average Bonchev–Trinajstić information content (AvgIpc) is 3.37. The number of amides is 1. The third kappa shape index (κ3) is 5.84. The van der Waals surface area contributed by atoms with Crippen molar-refractivity contribution in [2.45, 2.75) is 44.4 Å². The topological polar surface area (TPSA) is 51.2 Å². The van der Waals surface area contributed by atoms with Gasteiger partial charge in [0.05, 0.1) is 26.9 Å². The van der Waals surface area contributed by atoms with Crippen LogP contribution in [-0.4, -0.2) is 68.3 Å². The van der Waals surface area contributed by atoms with Crippen molar-refractivity contribution in [3.05, 3.63) is 59.4 Å². The molecule has 1 amide bonds. The molecule has 1 saturated carbocycles. The standard InChI is InChI=1S/C26H33FN2O4/c1-31-24-12-7-19(15-25(24)32-2)16-28-13-14-33-23(17-28)18-29(22-5-3-4-6-22)26(30)20-8-10-21(27)11-9-20/h7-12,15,22-23H,3-6,13-14,16-18H2,1-2H3. The molecule has 0 bridgehead atoms. The van der Waals surface area contributed by atoms with Crippen molar-refractivity contribution in [1.82, 2.24) is 9.80 Å². The van der Waals surface area contributed by atoms with Crippen molar-refractivity contribution >= 4 is 5.91 Å². The van der Waals surface area contributed by atoms with E-state index in [2.05, 4.69) is 11.0 Å². The van der Waals surface area contributed by atoms with E-state index in [4.69, 9.17) is 14.2 Å². The first kappa shape index (κ1) is 23.5. The van der Waals surface area contributed by atoms with Crippen molar-refractivity contribution in [3.8, 4) is 11.5 Å². The van der Waals surface area contributed by atoms with E-state index in [0.29, 0.717) is 24.5 Å². The SMILES string of the molecule is COc1ccc(CN2CCOC(CN(C(=O)c3ccc(F)cc3)C3CCCC3)C2)cc1OC. The molecular formula is C26H33FN2O4. The summed E-state index contributed by atoms with van der Waals surface area (Å²) in [5.41, 5.74) is 1.67. The molecule has 7 heteroatoms. The number of morpholine rings is 1. The van der Waals surface area contributed by atoms with E-state index >= 15 is 0 Å². The van der Waals surface area contributed by atoms with Gasteiger partial charge in [-0.1, -0.05) is 18.9 Å². The van der Waals surface area contributed by atoms with Gasteiger partial charge in [-0.05, 0) is 54.8 Å². The maximum Gasteiger partial charge on any atom is 0.254 e. The summed E-state index contributed by atoms with van der Waals surface area (Å²) in [4.78, 5) is 17.6. The molecule has 178 valence electrons. The maximum absolute atomic E-state index is 13.4. The first-order valence-electron chi connectivity index (χ1n) is 11.7. The minimum atomic E-state index is -0.333. The van der Waals surface area contributed by atoms with Crippen LogP contribution >= 0.6 is 0 Å². The highest BCUT2D eigenvalue weighted by molar-refractivity contribution is 5.94. The second kappa shape index (κ2) is 11.0. The molecule has 1 aliphatic carbocycles. The normalized spacial score (nSPS) is 19.4. The minimum absolute atomic E-state index is 0.0393. The zero-order chi connectivity index (χ0) is 23.2. The summed E-state index contributed by atoms with van der Waals surface area (Å²) >= 11 is 0. The Hall–Kier alpha value is -2.64. The molecular weight excluding hydrogens is 423 g/mol. The Morgan fingerprint density at radius 3 is 2.52 bits per heavy atom. The number of methoxy groups -OCH3 is 2. The number of halogens is 1. The number of carbonyl (C=O) groups excluding carboxylic acids is 1. The number of hydrogen-bond acceptors (Lipinski definition) is 5. The second-order valence-electron chi connectivity index (χ2n) is 8.82. The van der Waals surface area contributed by atoms with Gasteiger partial charge in [0.25, 0.3) is 5.91 Å². The molecule has 1 aliphatic heterocycles. The minimum Gasteiger partial charge on any atom is -0.493 e. The highest BCUT2D eigenvalue weighted by Gasteiger charge is 2.31. The molecule has 0 radical (unpaired) electrons. The van der Waals surface area contributed by atoms with Gasteiger partial charge in [-0.3, -0.25) is 9.69 Å². The second-order valence-corrected chi connectivity index (χ2v) is 8.82. The Bertz CT molecular complexity index is 930. The van der Waals surface area contributed by atoms with Crippen LogP contribution in [0.25, 0.3) is 0 Å². The van der Waals surface area contributed by atoms with Crippen LogP contribution in [0.15, 0.2) is 42.5 Å². The number of hydrogen-bond donors (Lipinski definition) is 0. The molecule has 2 aromatic carbocycles. The largest absolute Gasteiger partial charge is 0.493 e. The molecule has 0 spiro atoms. The summed E-state index contributed by atoms with van der Waals surface area (Å²) in [5.74, 6) is 1.06. The molecule has 1 heterocycles. The van der Waals surface area contributed by atoms with Gasteiger partial charge in [-0.2, -0.15) is 0 Å². The third-order valence-corrected chi connectivity index (χ3v) is 6.59. The van der Waals surface area contributed by atoms with Crippen LogP contribution in [0.3, 0.4) is 0 Å². The van der Waals surface area contributed by atoms with E-state index < -0.39 is 0 Å². The van der Waals surface area contributed by atoms with Gasteiger partial charge in [0, 0.05) is 37.8 Å². The molecule has 1 atom stereocenters. The summed E-state index contributed by atoms with van der Waals surface area (Å²) < 4.78 is 30.2. The van der Waals surface area contributed by atoms with Gasteiger partial charge in [0.15, 0.2) is 11.5 Å². The van der Waals surface area contributed by atoms with Crippen LogP contribution in [0.5, 0.6) is 11.5 Å². The fourth-order valence-corrected chi connectivity index (χ4v) is 4.86. The summed E-state index contributed by atoms with van der Waals surface area (Å²) in [6.45, 7) is 3.52. The lowest BCUT2D eigenvalue weighted by Crippen LogP contribution is -2.50. The summed E-state index contributed by atoms with van der Waals surface area (Å²) in [6.07, 6.45) is 4.22. The van der Waals surface area contributed by atoms with Gasteiger partial charge >= 0.3 is 0 Å². The third-order valence-electron chi connectivity index (χ3n) is 6.59. The molecule has 1 saturated heterocycles. The van der Waals surface area contributed by atoms with Crippen molar-refractivity contribution in [1.29, 1.82) is 0 Å². The summed E-state index contributed by atoms with van der Waals surface area (Å²) in [5, 5.41) is 0. The highest BCUT2D eigenvalue weighted by atomic mass is 19.1. The molecule has 2 aliphatic rings. The van der Waals surface area contributed by atoms with Gasteiger partial charge in [0.1, 0.15) is 5.82 Å². The monoisotopic (exact) mass is 456 g/mol. The molecule has 4 rings (SSSR count). The molecule has 6 nitrogen and oxygen atoms in total. The highest BCUT2D eigenvalue weighted by Crippen LogP contribution is 2.29. The fraction of sp³-hybridized carbons (Fsp3) is 0.500. The number of ether oxygens (including phenoxy) is 3. The van der Waals surface area contributed by atoms with Crippen LogP contribution in [0.4, 0.5) is 4.39 Å². The smallest absolute Gasteiger partial charge is 0.254 e. The first-order chi connectivity index (χ1) is 16.1. The Kier molecular flexibility index (Phi) is 7.83. The molecule has 1 unspecified atom stereocenters. The molecule has 0 aromatic heterocycles. The molecule has 33 heavy (non-hydrogen) atoms. The van der Waals surface area contributed by atoms with Crippen LogP contribution < -0.4 is 9.47 Å². The van der Waals surface area contributed by atoms with E-state index in [-0.39, 0.29) is 23.9 Å². The Morgan fingerprint density at radius 1 is 1.09 bits per heavy atom. The molecule has 2 fully saturated rings. The van der Waals surface area contributed by atoms with Gasteiger partial charge in [-0.15, -0.1) is 0 Å². The predicted octanol–water partition coefficient (Wildman–Crippen LogP) is 4.13. The number of carbonyl (C=O) groups is 1. The lowest BCUT2D eigenvalue weighted by Gasteiger charge is -2.38. The first-order valence-corrected chi connectivity index (χ1v) is 11.7. The molecule has 2 aromatic rings. The Labute approximate surface area is 195 Å². The summed E-state index contributed by atoms with van der Waals surface area (Å²) in [6, 6.07) is 12.0. The van der Waals surface area contributed by atoms with Crippen molar-refractivity contribution in [2.75, 3.05) is 40.5 Å². The average molecular weight is 457 g/mol. The van der Waals surface area contributed by atoms with Crippen LogP contribution in [-0.2, 0) is 11.3 Å². The van der Waals surface area contributed by atoms with Gasteiger partial charge in [0.2, 0.25) is 0 Å². The quantitative estimate of drug-likeness (QED) is 0.598. The number of rotatable bonds is 8. The maximum atomic E-state index is 13.4. The van der Waals surface area contributed by atoms with E-state index in [1.54, 1.807) is 26.4 Å². The van der Waals surface area contributed by atoms with Crippen molar-refractivity contribution < 1.29 is 23.4 Å². The van der Waals surface area contributed by atoms with Gasteiger partial charge < -0.3 is 19.1 Å². The Morgan fingerprint density at radius 2 is 1.82 bits per heavy atom.